The maximum absolute atomic E-state index is 11.6. The van der Waals surface area contributed by atoms with Gasteiger partial charge in [-0.25, -0.2) is 0 Å². The summed E-state index contributed by atoms with van der Waals surface area (Å²) in [5.74, 6) is -2.91. The van der Waals surface area contributed by atoms with Gasteiger partial charge in [0.05, 0.1) is 6.42 Å². The molecule has 1 atom stereocenters. The number of nitrogens with one attached hydrogen (secondary N) is 1. The van der Waals surface area contributed by atoms with Gasteiger partial charge in [-0.2, -0.15) is 17.4 Å². The largest absolute Gasteiger partial charge is 0.481 e. The van der Waals surface area contributed by atoms with Crippen molar-refractivity contribution in [1.82, 2.24) is 9.03 Å². The van der Waals surface area contributed by atoms with Gasteiger partial charge in [0.15, 0.2) is 0 Å². The summed E-state index contributed by atoms with van der Waals surface area (Å²) in [6.07, 6.45) is -0.810. The lowest BCUT2D eigenvalue weighted by atomic mass is 10.2. The quantitative estimate of drug-likeness (QED) is 0.523. The van der Waals surface area contributed by atoms with Gasteiger partial charge in [-0.15, -0.1) is 0 Å². The van der Waals surface area contributed by atoms with Crippen molar-refractivity contribution in [2.24, 2.45) is 0 Å². The van der Waals surface area contributed by atoms with Gasteiger partial charge in [0.2, 0.25) is 0 Å². The van der Waals surface area contributed by atoms with Crippen molar-refractivity contribution in [3.05, 3.63) is 0 Å². The lowest BCUT2D eigenvalue weighted by Gasteiger charge is -2.21. The predicted molar refractivity (Wildman–Crippen MR) is 58.7 cm³/mol. The van der Waals surface area contributed by atoms with E-state index in [1.54, 1.807) is 13.8 Å². The molecule has 9 heteroatoms. The van der Waals surface area contributed by atoms with E-state index >= 15 is 0 Å². The van der Waals surface area contributed by atoms with E-state index in [0.717, 1.165) is 4.31 Å². The monoisotopic (exact) mass is 268 g/mol. The molecule has 0 aliphatic rings. The summed E-state index contributed by atoms with van der Waals surface area (Å²) < 4.78 is 26.1. The van der Waals surface area contributed by atoms with Crippen LogP contribution in [0.5, 0.6) is 0 Å². The SMILES string of the molecule is CCN(CC)S(=O)(=O)N[C@H](CC(=O)O)C(=O)O. The fourth-order valence-electron chi connectivity index (χ4n) is 1.17. The zero-order chi connectivity index (χ0) is 13.6. The van der Waals surface area contributed by atoms with Gasteiger partial charge < -0.3 is 10.2 Å². The van der Waals surface area contributed by atoms with E-state index in [4.69, 9.17) is 10.2 Å². The third kappa shape index (κ3) is 5.11. The summed E-state index contributed by atoms with van der Waals surface area (Å²) in [6.45, 7) is 3.53. The molecule has 0 amide bonds. The number of hydrogen-bond donors (Lipinski definition) is 3. The average Bonchev–Trinajstić information content (AvgIpc) is 2.16. The van der Waals surface area contributed by atoms with Gasteiger partial charge in [-0.3, -0.25) is 9.59 Å². The minimum absolute atomic E-state index is 0.172. The second-order valence-electron chi connectivity index (χ2n) is 3.20. The van der Waals surface area contributed by atoms with Crippen molar-refractivity contribution in [2.75, 3.05) is 13.1 Å². The van der Waals surface area contributed by atoms with E-state index < -0.39 is 34.6 Å². The zero-order valence-corrected chi connectivity index (χ0v) is 10.4. The Kier molecular flexibility index (Phi) is 6.07. The van der Waals surface area contributed by atoms with Crippen LogP contribution in [-0.4, -0.2) is 54.0 Å². The van der Waals surface area contributed by atoms with Crippen LogP contribution in [0, 0.1) is 0 Å². The van der Waals surface area contributed by atoms with Crippen LogP contribution in [0.1, 0.15) is 20.3 Å². The van der Waals surface area contributed by atoms with E-state index in [9.17, 15) is 18.0 Å². The fourth-order valence-corrected chi connectivity index (χ4v) is 2.54. The molecule has 0 radical (unpaired) electrons. The maximum Gasteiger partial charge on any atom is 0.322 e. The minimum Gasteiger partial charge on any atom is -0.481 e. The van der Waals surface area contributed by atoms with Crippen LogP contribution in [0.3, 0.4) is 0 Å². The van der Waals surface area contributed by atoms with Crippen molar-refractivity contribution < 1.29 is 28.2 Å². The first kappa shape index (κ1) is 15.8. The van der Waals surface area contributed by atoms with Crippen LogP contribution < -0.4 is 4.72 Å². The van der Waals surface area contributed by atoms with Crippen LogP contribution in [0.2, 0.25) is 0 Å². The normalized spacial score (nSPS) is 13.6. The van der Waals surface area contributed by atoms with Gasteiger partial charge in [0, 0.05) is 13.1 Å². The Hall–Kier alpha value is -1.19. The molecule has 0 saturated heterocycles. The minimum atomic E-state index is -3.97. The molecule has 0 rings (SSSR count). The predicted octanol–water partition coefficient (Wildman–Crippen LogP) is -0.909. The smallest absolute Gasteiger partial charge is 0.322 e. The third-order valence-corrected chi connectivity index (χ3v) is 3.79. The molecule has 17 heavy (non-hydrogen) atoms. The number of carboxylic acid groups (broad SMARTS) is 2. The van der Waals surface area contributed by atoms with Gasteiger partial charge in [-0.1, -0.05) is 13.8 Å². The van der Waals surface area contributed by atoms with Crippen molar-refractivity contribution in [3.8, 4) is 0 Å². The molecular weight excluding hydrogens is 252 g/mol. The first-order valence-corrected chi connectivity index (χ1v) is 6.40. The molecule has 0 saturated carbocycles. The van der Waals surface area contributed by atoms with Crippen LogP contribution >= 0.6 is 0 Å². The fraction of sp³-hybridized carbons (Fsp3) is 0.750. The molecule has 8 nitrogen and oxygen atoms in total. The topological polar surface area (TPSA) is 124 Å². The molecule has 0 aromatic carbocycles. The molecule has 3 N–H and O–H groups in total. The number of carboxylic acids is 2. The van der Waals surface area contributed by atoms with Crippen LogP contribution in [0.4, 0.5) is 0 Å². The summed E-state index contributed by atoms with van der Waals surface area (Å²) >= 11 is 0. The van der Waals surface area contributed by atoms with Gasteiger partial charge in [0.25, 0.3) is 10.2 Å². The molecule has 0 spiro atoms. The number of aliphatic carboxylic acids is 2. The highest BCUT2D eigenvalue weighted by atomic mass is 32.2. The Morgan fingerprint density at radius 2 is 1.71 bits per heavy atom. The standard InChI is InChI=1S/C8H16N2O6S/c1-3-10(4-2)17(15,16)9-6(8(13)14)5-7(11)12/h6,9H,3-5H2,1-2H3,(H,11,12)(H,13,14)/t6-/m1/s1. The van der Waals surface area contributed by atoms with Crippen molar-refractivity contribution >= 4 is 22.1 Å². The molecule has 0 unspecified atom stereocenters. The Bertz CT molecular complexity index is 375. The maximum atomic E-state index is 11.6. The van der Waals surface area contributed by atoms with E-state index in [1.165, 1.54) is 0 Å². The molecule has 0 heterocycles. The molecular formula is C8H16N2O6S. The number of hydrogen-bond acceptors (Lipinski definition) is 4. The van der Waals surface area contributed by atoms with E-state index in [-0.39, 0.29) is 13.1 Å². The first-order valence-electron chi connectivity index (χ1n) is 4.96. The van der Waals surface area contributed by atoms with Crippen molar-refractivity contribution in [2.45, 2.75) is 26.3 Å². The average molecular weight is 268 g/mol. The highest BCUT2D eigenvalue weighted by molar-refractivity contribution is 7.87. The lowest BCUT2D eigenvalue weighted by molar-refractivity contribution is -0.145. The summed E-state index contributed by atoms with van der Waals surface area (Å²) in [5, 5.41) is 17.2. The molecule has 0 fully saturated rings. The second kappa shape index (κ2) is 6.52. The van der Waals surface area contributed by atoms with Crippen molar-refractivity contribution in [3.63, 3.8) is 0 Å². The highest BCUT2D eigenvalue weighted by Crippen LogP contribution is 2.01. The lowest BCUT2D eigenvalue weighted by Crippen LogP contribution is -2.49. The Morgan fingerprint density at radius 3 is 2.00 bits per heavy atom. The van der Waals surface area contributed by atoms with Crippen LogP contribution in [0.25, 0.3) is 0 Å². The van der Waals surface area contributed by atoms with E-state index in [0.29, 0.717) is 0 Å². The summed E-state index contributed by atoms with van der Waals surface area (Å²) in [5.41, 5.74) is 0. The summed E-state index contributed by atoms with van der Waals surface area (Å²) in [7, 11) is -3.97. The Labute approximate surface area is 99.4 Å². The second-order valence-corrected chi connectivity index (χ2v) is 4.90. The molecule has 0 bridgehead atoms. The van der Waals surface area contributed by atoms with Gasteiger partial charge in [-0.05, 0) is 0 Å². The third-order valence-electron chi connectivity index (χ3n) is 2.01. The van der Waals surface area contributed by atoms with Gasteiger partial charge >= 0.3 is 11.9 Å². The van der Waals surface area contributed by atoms with Crippen LogP contribution in [0.15, 0.2) is 0 Å². The summed E-state index contributed by atoms with van der Waals surface area (Å²) in [4.78, 5) is 21.1. The summed E-state index contributed by atoms with van der Waals surface area (Å²) in [6, 6.07) is -1.67. The number of carbonyl (C=O) groups is 2. The van der Waals surface area contributed by atoms with Gasteiger partial charge in [0.1, 0.15) is 6.04 Å². The Morgan fingerprint density at radius 1 is 1.24 bits per heavy atom. The molecule has 0 aromatic heterocycles. The number of rotatable bonds is 8. The van der Waals surface area contributed by atoms with E-state index in [1.807, 2.05) is 4.72 Å². The first-order chi connectivity index (χ1) is 7.74. The van der Waals surface area contributed by atoms with Crippen LogP contribution in [-0.2, 0) is 19.8 Å². The van der Waals surface area contributed by atoms with E-state index in [2.05, 4.69) is 0 Å². The Balaban J connectivity index is 4.86. The molecule has 0 aliphatic heterocycles. The molecule has 0 aliphatic carbocycles. The number of nitrogens with zero attached hydrogens (tertiary/aromatic N) is 1. The zero-order valence-electron chi connectivity index (χ0n) is 9.58. The highest BCUT2D eigenvalue weighted by Gasteiger charge is 2.29. The molecule has 0 aromatic rings. The molecule has 100 valence electrons. The van der Waals surface area contributed by atoms with Crippen molar-refractivity contribution in [1.29, 1.82) is 0 Å².